The van der Waals surface area contributed by atoms with Crippen LogP contribution in [0.4, 0.5) is 20.0 Å². The molecule has 1 aliphatic rings. The van der Waals surface area contributed by atoms with Gasteiger partial charge in [0.1, 0.15) is 5.82 Å². The van der Waals surface area contributed by atoms with E-state index in [2.05, 4.69) is 15.6 Å². The summed E-state index contributed by atoms with van der Waals surface area (Å²) >= 11 is 1.27. The zero-order valence-corrected chi connectivity index (χ0v) is 15.2. The van der Waals surface area contributed by atoms with Crippen LogP contribution >= 0.6 is 11.3 Å². The normalized spacial score (nSPS) is 14.6. The van der Waals surface area contributed by atoms with E-state index in [9.17, 15) is 14.0 Å². The maximum Gasteiger partial charge on any atom is 0.325 e. The van der Waals surface area contributed by atoms with Gasteiger partial charge in [-0.1, -0.05) is 12.8 Å². The molecule has 6 nitrogen and oxygen atoms in total. The molecule has 1 aliphatic heterocycles. The van der Waals surface area contributed by atoms with E-state index in [4.69, 9.17) is 0 Å². The molecule has 0 aliphatic carbocycles. The molecule has 1 fully saturated rings. The summed E-state index contributed by atoms with van der Waals surface area (Å²) in [6.07, 6.45) is 4.71. The zero-order valence-electron chi connectivity index (χ0n) is 14.3. The molecule has 1 aromatic heterocycles. The molecule has 3 amide bonds. The van der Waals surface area contributed by atoms with Gasteiger partial charge in [0.05, 0.1) is 12.1 Å². The lowest BCUT2D eigenvalue weighted by atomic mass is 10.2. The fourth-order valence-corrected chi connectivity index (χ4v) is 3.53. The smallest absolute Gasteiger partial charge is 0.325 e. The van der Waals surface area contributed by atoms with Crippen LogP contribution in [0.3, 0.4) is 0 Å². The van der Waals surface area contributed by atoms with Gasteiger partial charge in [0.25, 0.3) is 0 Å². The molecule has 26 heavy (non-hydrogen) atoms. The summed E-state index contributed by atoms with van der Waals surface area (Å²) in [5, 5.41) is 7.43. The van der Waals surface area contributed by atoms with Crippen molar-refractivity contribution in [3.63, 3.8) is 0 Å². The number of nitrogens with zero attached hydrogens (tertiary/aromatic N) is 2. The summed E-state index contributed by atoms with van der Waals surface area (Å²) in [5.74, 6) is -0.283. The zero-order chi connectivity index (χ0) is 18.4. The SMILES string of the molecule is O=C(Nc1ccc(F)cc1)Nc1nc(CC(=O)N2CCCCCC2)cs1. The number of benzene rings is 1. The van der Waals surface area contributed by atoms with Crippen LogP contribution in [0.25, 0.3) is 0 Å². The number of hydrogen-bond acceptors (Lipinski definition) is 4. The standard InChI is InChI=1S/C18H21FN4O2S/c19-13-5-7-14(8-6-13)20-17(25)22-18-21-15(12-26-18)11-16(24)23-9-3-1-2-4-10-23/h5-8,12H,1-4,9-11H2,(H2,20,21,22,25). The van der Waals surface area contributed by atoms with E-state index in [-0.39, 0.29) is 18.1 Å². The van der Waals surface area contributed by atoms with Crippen molar-refractivity contribution in [2.75, 3.05) is 23.7 Å². The highest BCUT2D eigenvalue weighted by Gasteiger charge is 2.17. The Balaban J connectivity index is 1.51. The third-order valence-corrected chi connectivity index (χ3v) is 4.97. The van der Waals surface area contributed by atoms with Crippen molar-refractivity contribution >= 4 is 34.1 Å². The van der Waals surface area contributed by atoms with E-state index >= 15 is 0 Å². The predicted octanol–water partition coefficient (Wildman–Crippen LogP) is 3.87. The molecule has 8 heteroatoms. The highest BCUT2D eigenvalue weighted by Crippen LogP contribution is 2.18. The fourth-order valence-electron chi connectivity index (χ4n) is 2.83. The number of hydrogen-bond donors (Lipinski definition) is 2. The highest BCUT2D eigenvalue weighted by atomic mass is 32.1. The van der Waals surface area contributed by atoms with Crippen LogP contribution in [0.2, 0.25) is 0 Å². The van der Waals surface area contributed by atoms with Gasteiger partial charge in [-0.25, -0.2) is 14.2 Å². The molecule has 0 spiro atoms. The van der Waals surface area contributed by atoms with Gasteiger partial charge in [0, 0.05) is 24.2 Å². The Labute approximate surface area is 155 Å². The Morgan fingerprint density at radius 3 is 2.46 bits per heavy atom. The van der Waals surface area contributed by atoms with Gasteiger partial charge >= 0.3 is 6.03 Å². The first kappa shape index (κ1) is 18.3. The third kappa shape index (κ3) is 5.26. The number of carbonyl (C=O) groups excluding carboxylic acids is 2. The van der Waals surface area contributed by atoms with E-state index in [0.29, 0.717) is 16.5 Å². The van der Waals surface area contributed by atoms with E-state index in [1.807, 2.05) is 4.90 Å². The van der Waals surface area contributed by atoms with Crippen LogP contribution < -0.4 is 10.6 Å². The molecule has 0 radical (unpaired) electrons. The topological polar surface area (TPSA) is 74.3 Å². The highest BCUT2D eigenvalue weighted by molar-refractivity contribution is 7.14. The lowest BCUT2D eigenvalue weighted by molar-refractivity contribution is -0.130. The largest absolute Gasteiger partial charge is 0.342 e. The molecule has 0 atom stereocenters. The monoisotopic (exact) mass is 376 g/mol. The summed E-state index contributed by atoms with van der Waals surface area (Å²) in [5.41, 5.74) is 1.14. The Kier molecular flexibility index (Phi) is 6.17. The second-order valence-electron chi connectivity index (χ2n) is 6.20. The fraction of sp³-hybridized carbons (Fsp3) is 0.389. The van der Waals surface area contributed by atoms with E-state index < -0.39 is 6.03 Å². The Bertz CT molecular complexity index is 755. The van der Waals surface area contributed by atoms with Gasteiger partial charge in [-0.05, 0) is 37.1 Å². The average molecular weight is 376 g/mol. The van der Waals surface area contributed by atoms with Crippen LogP contribution in [0.1, 0.15) is 31.4 Å². The first-order chi connectivity index (χ1) is 12.6. The van der Waals surface area contributed by atoms with E-state index in [1.165, 1.54) is 48.4 Å². The lowest BCUT2D eigenvalue weighted by Gasteiger charge is -2.19. The second-order valence-corrected chi connectivity index (χ2v) is 7.06. The molecule has 2 N–H and O–H groups in total. The number of rotatable bonds is 4. The molecule has 2 heterocycles. The minimum Gasteiger partial charge on any atom is -0.342 e. The molecular formula is C18H21FN4O2S. The second kappa shape index (κ2) is 8.75. The molecular weight excluding hydrogens is 355 g/mol. The van der Waals surface area contributed by atoms with E-state index in [1.54, 1.807) is 5.38 Å². The minimum absolute atomic E-state index is 0.0829. The number of amides is 3. The van der Waals surface area contributed by atoms with E-state index in [0.717, 1.165) is 25.9 Å². The number of carbonyl (C=O) groups is 2. The first-order valence-corrected chi connectivity index (χ1v) is 9.54. The van der Waals surface area contributed by atoms with Gasteiger partial charge < -0.3 is 10.2 Å². The number of aromatic nitrogens is 1. The van der Waals surface area contributed by atoms with Gasteiger partial charge in [-0.3, -0.25) is 10.1 Å². The quantitative estimate of drug-likeness (QED) is 0.851. The number of halogens is 1. The van der Waals surface area contributed by atoms with Gasteiger partial charge in [-0.2, -0.15) is 0 Å². The molecule has 138 valence electrons. The van der Waals surface area contributed by atoms with Crippen molar-refractivity contribution in [2.24, 2.45) is 0 Å². The van der Waals surface area contributed by atoms with Crippen LogP contribution in [-0.2, 0) is 11.2 Å². The number of likely N-dealkylation sites (tertiary alicyclic amines) is 1. The molecule has 1 saturated heterocycles. The number of nitrogens with one attached hydrogen (secondary N) is 2. The number of urea groups is 1. The lowest BCUT2D eigenvalue weighted by Crippen LogP contribution is -2.33. The Morgan fingerprint density at radius 2 is 1.77 bits per heavy atom. The van der Waals surface area contributed by atoms with Gasteiger partial charge in [0.15, 0.2) is 5.13 Å². The predicted molar refractivity (Wildman–Crippen MR) is 99.9 cm³/mol. The summed E-state index contributed by atoms with van der Waals surface area (Å²) in [4.78, 5) is 30.5. The van der Waals surface area contributed by atoms with Crippen molar-refractivity contribution < 1.29 is 14.0 Å². The Hall–Kier alpha value is -2.48. The van der Waals surface area contributed by atoms with Crippen LogP contribution in [0, 0.1) is 5.82 Å². The van der Waals surface area contributed by atoms with Gasteiger partial charge in [0.2, 0.25) is 5.91 Å². The molecule has 3 rings (SSSR count). The molecule has 2 aromatic rings. The van der Waals surface area contributed by atoms with Gasteiger partial charge in [-0.15, -0.1) is 11.3 Å². The summed E-state index contributed by atoms with van der Waals surface area (Å²) in [6, 6.07) is 5.03. The number of anilines is 2. The number of thiazole rings is 1. The minimum atomic E-state index is -0.462. The summed E-state index contributed by atoms with van der Waals surface area (Å²) < 4.78 is 12.9. The van der Waals surface area contributed by atoms with Crippen LogP contribution in [-0.4, -0.2) is 34.9 Å². The van der Waals surface area contributed by atoms with Crippen LogP contribution in [0.5, 0.6) is 0 Å². The average Bonchev–Trinajstić information content (AvgIpc) is 2.88. The third-order valence-electron chi connectivity index (χ3n) is 4.17. The molecule has 0 saturated carbocycles. The molecule has 1 aromatic carbocycles. The van der Waals surface area contributed by atoms with Crippen LogP contribution in [0.15, 0.2) is 29.6 Å². The maximum atomic E-state index is 12.9. The summed E-state index contributed by atoms with van der Waals surface area (Å²) in [6.45, 7) is 1.63. The maximum absolute atomic E-state index is 12.9. The molecule has 0 unspecified atom stereocenters. The molecule has 0 bridgehead atoms. The Morgan fingerprint density at radius 1 is 1.08 bits per heavy atom. The first-order valence-electron chi connectivity index (χ1n) is 8.66. The van der Waals surface area contributed by atoms with Crippen molar-refractivity contribution in [1.82, 2.24) is 9.88 Å². The van der Waals surface area contributed by atoms with Crippen molar-refractivity contribution in [1.29, 1.82) is 0 Å². The van der Waals surface area contributed by atoms with Crippen molar-refractivity contribution in [3.05, 3.63) is 41.2 Å². The van der Waals surface area contributed by atoms with Crippen molar-refractivity contribution in [3.8, 4) is 0 Å². The summed E-state index contributed by atoms with van der Waals surface area (Å²) in [7, 11) is 0. The van der Waals surface area contributed by atoms with Crippen molar-refractivity contribution in [2.45, 2.75) is 32.1 Å².